The molecule has 7 heterocycles. The van der Waals surface area contributed by atoms with Gasteiger partial charge in [-0.1, -0.05) is 129 Å². The van der Waals surface area contributed by atoms with Crippen LogP contribution in [0.1, 0.15) is 130 Å². The summed E-state index contributed by atoms with van der Waals surface area (Å²) in [5.74, 6) is 0. The molecule has 7 aromatic heterocycles. The number of aromatic nitrogens is 5. The molecule has 0 amide bonds. The zero-order valence-corrected chi connectivity index (χ0v) is 58.8. The first-order chi connectivity index (χ1) is 53.1. The molecule has 0 atom stereocenters. The van der Waals surface area contributed by atoms with E-state index in [0.717, 1.165) is 85.9 Å². The summed E-state index contributed by atoms with van der Waals surface area (Å²) in [6, 6.07) is 60.9. The number of fused-ring (bicyclic) bond motifs is 24. The highest BCUT2D eigenvalue weighted by Crippen LogP contribution is 2.54. The summed E-state index contributed by atoms with van der Waals surface area (Å²) in [5.41, 5.74) is 40.2. The normalized spacial score (nSPS) is 15.7. The van der Waals surface area contributed by atoms with Gasteiger partial charge in [0.25, 0.3) is 5.52 Å². The highest BCUT2D eigenvalue weighted by Gasteiger charge is 2.44. The molecule has 6 nitrogen and oxygen atoms in total. The van der Waals surface area contributed by atoms with Crippen molar-refractivity contribution < 1.29 is 39.1 Å². The van der Waals surface area contributed by atoms with E-state index >= 15 is 0 Å². The Kier molecular flexibility index (Phi) is 11.3. The van der Waals surface area contributed by atoms with Gasteiger partial charge in [-0.15, -0.1) is 11.3 Å². The van der Waals surface area contributed by atoms with Crippen molar-refractivity contribution in [2.24, 2.45) is 28.2 Å². The first kappa shape index (κ1) is 49.8. The zero-order valence-electron chi connectivity index (χ0n) is 69.9. The molecular weight excluding hydrogens is 1240 g/mol. The van der Waals surface area contributed by atoms with Crippen LogP contribution in [0.25, 0.3) is 126 Å². The molecule has 100 heavy (non-hydrogen) atoms. The molecular formula is C93H83N5OS+4. The van der Waals surface area contributed by atoms with Crippen molar-refractivity contribution in [3.8, 4) is 61.5 Å². The molecule has 0 aliphatic heterocycles. The fourth-order valence-corrected chi connectivity index (χ4v) is 19.4. The van der Waals surface area contributed by atoms with Crippen molar-refractivity contribution in [3.05, 3.63) is 301 Å². The van der Waals surface area contributed by atoms with Crippen molar-refractivity contribution >= 4 is 75.6 Å². The van der Waals surface area contributed by atoms with Gasteiger partial charge in [-0.05, 0) is 258 Å². The van der Waals surface area contributed by atoms with Crippen LogP contribution in [0.15, 0.2) is 205 Å². The van der Waals surface area contributed by atoms with Crippen LogP contribution in [-0.2, 0) is 59.3 Å². The Morgan fingerprint density at radius 1 is 0.390 bits per heavy atom. The minimum Gasteiger partial charge on any atom is -0.449 e. The summed E-state index contributed by atoms with van der Waals surface area (Å²) in [6.07, 6.45) is 10.8. The zero-order chi connectivity index (χ0) is 78.6. The van der Waals surface area contributed by atoms with E-state index in [1.165, 1.54) is 138 Å². The van der Waals surface area contributed by atoms with Gasteiger partial charge in [0.2, 0.25) is 16.7 Å². The van der Waals surface area contributed by atoms with Crippen molar-refractivity contribution in [1.29, 1.82) is 0 Å². The van der Waals surface area contributed by atoms with Crippen LogP contribution in [0.5, 0.6) is 0 Å². The fourth-order valence-electron chi connectivity index (χ4n) is 18.0. The van der Waals surface area contributed by atoms with Crippen LogP contribution >= 0.6 is 11.3 Å². The van der Waals surface area contributed by atoms with Gasteiger partial charge in [0.15, 0.2) is 30.4 Å². The molecule has 16 aromatic rings. The summed E-state index contributed by atoms with van der Waals surface area (Å²) in [6.45, 7) is 4.70. The average Bonchev–Trinajstić information content (AvgIpc) is 1.66. The maximum Gasteiger partial charge on any atom is 0.259 e. The Balaban J connectivity index is 0.000000105. The molecule has 0 radical (unpaired) electrons. The van der Waals surface area contributed by atoms with E-state index in [1.54, 1.807) is 42.2 Å². The summed E-state index contributed by atoms with van der Waals surface area (Å²) in [4.78, 5) is 0. The maximum absolute atomic E-state index is 8.00. The van der Waals surface area contributed by atoms with Crippen LogP contribution in [-0.4, -0.2) is 4.57 Å². The number of benzene rings is 9. The summed E-state index contributed by atoms with van der Waals surface area (Å²) in [5, 5.41) is 3.51. The molecule has 21 rings (SSSR count). The minimum absolute atomic E-state index is 0.235. The molecule has 5 aliphatic rings. The van der Waals surface area contributed by atoms with Crippen molar-refractivity contribution in [3.63, 3.8) is 0 Å². The Morgan fingerprint density at radius 3 is 1.54 bits per heavy atom. The molecule has 0 spiro atoms. The van der Waals surface area contributed by atoms with Crippen molar-refractivity contribution in [2.75, 3.05) is 0 Å². The third kappa shape index (κ3) is 9.26. The lowest BCUT2D eigenvalue weighted by molar-refractivity contribution is -0.660. The lowest BCUT2D eigenvalue weighted by Crippen LogP contribution is -2.32. The molecule has 7 heteroatoms. The predicted molar refractivity (Wildman–Crippen MR) is 413 cm³/mol. The Bertz CT molecular complexity index is 6750. The molecule has 9 aromatic carbocycles. The van der Waals surface area contributed by atoms with Gasteiger partial charge < -0.3 is 8.98 Å². The molecule has 0 saturated carbocycles. The number of rotatable bonds is 1. The van der Waals surface area contributed by atoms with Gasteiger partial charge >= 0.3 is 0 Å². The number of nitrogens with zero attached hydrogens (tertiary/aromatic N) is 5. The van der Waals surface area contributed by atoms with Gasteiger partial charge in [0, 0.05) is 60.1 Å². The topological polar surface area (TPSA) is 33.6 Å². The second-order valence-corrected chi connectivity index (χ2v) is 29.9. The third-order valence-electron chi connectivity index (χ3n) is 22.5. The lowest BCUT2D eigenvalue weighted by atomic mass is 9.80. The Hall–Kier alpha value is -10.6. The molecule has 0 saturated heterocycles. The van der Waals surface area contributed by atoms with Gasteiger partial charge in [-0.2, -0.15) is 13.7 Å². The van der Waals surface area contributed by atoms with E-state index in [-0.39, 0.29) is 5.41 Å². The van der Waals surface area contributed by atoms with Crippen LogP contribution in [0, 0.1) is 55.1 Å². The third-order valence-corrected chi connectivity index (χ3v) is 23.6. The number of furan rings is 1. The van der Waals surface area contributed by atoms with E-state index in [1.807, 2.05) is 82.9 Å². The van der Waals surface area contributed by atoms with Crippen LogP contribution in [0.4, 0.5) is 0 Å². The second kappa shape index (κ2) is 22.7. The average molecular weight is 1330 g/mol. The smallest absolute Gasteiger partial charge is 0.259 e. The molecule has 5 aliphatic carbocycles. The standard InChI is InChI=1S/C27H23N2.C24H24N.C21H18NO.C21H18NS/c1-17-13-25-27(28(3)16-17)26-18(2)22-14-19-9-7-8-12-21(19)23(22)15-24(26)29(25)20-10-5-4-6-11-20;1-14-10-21-23(25(5)13-14)22-15(2)18-11-16-8-6-7-9-17(16)19(18)12-20(22)24(21,3)4;1-12-8-19-21(22(3)11-12)20-13(2)16-9-14-6-4-5-7-15(14)17(16)10-18(20)23-19;1-12-8-18-21(22(3)11-12)20-13(2)19-15(10-17(20)23-18)9-14-6-4-5-7-16(14)19/h4-13,15-16H,14H2,1-3H3;6-10,12-13H,11H2,1-5H3;2*4-8,10-11H,9H2,1-3H3/q4*+1/i4*1D3. The lowest BCUT2D eigenvalue weighted by Gasteiger charge is -2.21. The van der Waals surface area contributed by atoms with E-state index in [4.69, 9.17) is 20.9 Å². The highest BCUT2D eigenvalue weighted by molar-refractivity contribution is 7.25. The van der Waals surface area contributed by atoms with E-state index in [0.29, 0.717) is 27.8 Å². The highest BCUT2D eigenvalue weighted by atomic mass is 32.1. The monoisotopic (exact) mass is 1330 g/mol. The summed E-state index contributed by atoms with van der Waals surface area (Å²) >= 11 is 1.69. The largest absolute Gasteiger partial charge is 0.449 e. The number of para-hydroxylation sites is 1. The number of hydrogen-bond acceptors (Lipinski definition) is 2. The number of thiophene rings is 1. The molecule has 0 N–H and O–H groups in total. The number of hydrogen-bond donors (Lipinski definition) is 0. The van der Waals surface area contributed by atoms with Gasteiger partial charge in [-0.3, -0.25) is 0 Å². The number of aryl methyl sites for hydroxylation is 11. The molecule has 0 unspecified atom stereocenters. The number of pyridine rings is 4. The molecule has 488 valence electrons. The van der Waals surface area contributed by atoms with Gasteiger partial charge in [0.1, 0.15) is 44.0 Å². The van der Waals surface area contributed by atoms with E-state index in [2.05, 4.69) is 180 Å². The van der Waals surface area contributed by atoms with Crippen LogP contribution in [0.3, 0.4) is 0 Å². The minimum atomic E-state index is -2.17. The first-order valence-electron chi connectivity index (χ1n) is 40.5. The summed E-state index contributed by atoms with van der Waals surface area (Å²) < 4.78 is 112. The van der Waals surface area contributed by atoms with E-state index < -0.39 is 27.4 Å². The SMILES string of the molecule is [2H]C([2H])([2H])c1cc2c([n+](C)c1)-c1c(cc3c(c1C)Cc1ccccc1-3)C2(C)C.[2H]C([2H])([2H])c1cc2c(c3c(C)c4c(cc3n2-c2ccccc2)-c2ccccc2C4)[n+](C)c1.[2H]C([2H])([2H])c1cc2oc3cc4c(c(C)c3c2[n+](C)c1)Cc1ccccc1-4.[2H]C([2H])([2H])c1cc2sc3cc4c(c(C)c3c2[n+](C)c1)-c1ccccc1C4. The van der Waals surface area contributed by atoms with Gasteiger partial charge in [-0.25, -0.2) is 4.57 Å². The van der Waals surface area contributed by atoms with Gasteiger partial charge in [0.05, 0.1) is 27.2 Å². The molecule has 0 bridgehead atoms. The van der Waals surface area contributed by atoms with E-state index in [9.17, 15) is 0 Å². The fraction of sp³-hybridized carbons (Fsp3) is 0.204. The van der Waals surface area contributed by atoms with Crippen LogP contribution < -0.4 is 18.3 Å². The predicted octanol–water partition coefficient (Wildman–Crippen LogP) is 20.5. The Labute approximate surface area is 606 Å². The van der Waals surface area contributed by atoms with Crippen molar-refractivity contribution in [1.82, 2.24) is 4.57 Å². The quantitative estimate of drug-likeness (QED) is 0.151. The molecule has 0 fully saturated rings. The second-order valence-electron chi connectivity index (χ2n) is 28.8. The van der Waals surface area contributed by atoms with Crippen molar-refractivity contribution in [2.45, 2.75) is 100 Å². The Morgan fingerprint density at radius 2 is 0.900 bits per heavy atom. The maximum atomic E-state index is 8.00. The first-order valence-corrected chi connectivity index (χ1v) is 35.3. The summed E-state index contributed by atoms with van der Waals surface area (Å²) in [7, 11) is 7.76. The van der Waals surface area contributed by atoms with Crippen LogP contribution in [0.2, 0.25) is 0 Å².